The minimum atomic E-state index is -0.372. The Morgan fingerprint density at radius 2 is 1.94 bits per heavy atom. The molecule has 5 rings (SSSR count). The van der Waals surface area contributed by atoms with E-state index in [1.807, 2.05) is 25.4 Å². The van der Waals surface area contributed by atoms with Gasteiger partial charge in [-0.3, -0.25) is 14.6 Å². The van der Waals surface area contributed by atoms with E-state index in [-0.39, 0.29) is 12.1 Å². The van der Waals surface area contributed by atoms with Crippen LogP contribution in [0.1, 0.15) is 48.9 Å². The summed E-state index contributed by atoms with van der Waals surface area (Å²) < 4.78 is 10.0. The second-order valence-electron chi connectivity index (χ2n) is 8.35. The number of hydrogen-bond acceptors (Lipinski definition) is 8. The fourth-order valence-corrected chi connectivity index (χ4v) is 4.46. The lowest BCUT2D eigenvalue weighted by Crippen LogP contribution is -2.31. The van der Waals surface area contributed by atoms with Gasteiger partial charge in [-0.1, -0.05) is 0 Å². The lowest BCUT2D eigenvalue weighted by Gasteiger charge is -2.29. The van der Waals surface area contributed by atoms with Crippen molar-refractivity contribution in [3.8, 4) is 29.1 Å². The van der Waals surface area contributed by atoms with Crippen molar-refractivity contribution in [2.75, 3.05) is 13.1 Å². The van der Waals surface area contributed by atoms with Gasteiger partial charge in [-0.15, -0.1) is 0 Å². The predicted octanol–water partition coefficient (Wildman–Crippen LogP) is 3.43. The molecule has 0 N–H and O–H groups in total. The Morgan fingerprint density at radius 3 is 2.65 bits per heavy atom. The van der Waals surface area contributed by atoms with Crippen molar-refractivity contribution >= 4 is 5.52 Å². The first-order chi connectivity index (χ1) is 16.6. The lowest BCUT2D eigenvalue weighted by molar-refractivity contribution is 0.223. The third-order valence-corrected chi connectivity index (χ3v) is 6.31. The first kappa shape index (κ1) is 21.4. The van der Waals surface area contributed by atoms with Crippen LogP contribution in [-0.2, 0) is 0 Å². The molecule has 0 radical (unpaired) electrons. The molecule has 1 saturated heterocycles. The summed E-state index contributed by atoms with van der Waals surface area (Å²) in [6, 6.07) is 4.38. The molecular weight excluding hydrogens is 430 g/mol. The highest BCUT2D eigenvalue weighted by molar-refractivity contribution is 5.76. The maximum Gasteiger partial charge on any atom is 0.179 e. The summed E-state index contributed by atoms with van der Waals surface area (Å²) in [5, 5.41) is 27.8. The van der Waals surface area contributed by atoms with Crippen molar-refractivity contribution in [1.29, 1.82) is 10.5 Å². The summed E-state index contributed by atoms with van der Waals surface area (Å²) in [5.41, 5.74) is 4.63. The number of piperidine rings is 1. The van der Waals surface area contributed by atoms with Gasteiger partial charge in [0, 0.05) is 48.5 Å². The number of likely N-dealkylation sites (tertiary alicyclic amines) is 1. The van der Waals surface area contributed by atoms with Gasteiger partial charge in [0.15, 0.2) is 6.19 Å². The molecule has 1 aliphatic heterocycles. The Morgan fingerprint density at radius 1 is 1.12 bits per heavy atom. The molecule has 0 saturated carbocycles. The van der Waals surface area contributed by atoms with E-state index in [2.05, 4.69) is 44.0 Å². The lowest BCUT2D eigenvalue weighted by atomic mass is 10.0. The molecule has 10 heteroatoms. The number of hydrogen-bond donors (Lipinski definition) is 0. The number of ether oxygens (including phenoxy) is 1. The van der Waals surface area contributed by atoms with Gasteiger partial charge in [0.1, 0.15) is 29.0 Å². The topological polar surface area (TPSA) is 121 Å². The summed E-state index contributed by atoms with van der Waals surface area (Å²) in [6.45, 7) is 5.43. The van der Waals surface area contributed by atoms with Gasteiger partial charge < -0.3 is 9.64 Å². The van der Waals surface area contributed by atoms with Crippen LogP contribution in [0.15, 0.2) is 43.2 Å². The minimum absolute atomic E-state index is 0.254. The number of rotatable bonds is 5. The highest BCUT2D eigenvalue weighted by Gasteiger charge is 2.24. The molecule has 0 amide bonds. The van der Waals surface area contributed by atoms with E-state index in [4.69, 9.17) is 10.00 Å². The second-order valence-corrected chi connectivity index (χ2v) is 8.35. The van der Waals surface area contributed by atoms with Crippen molar-refractivity contribution in [2.45, 2.75) is 38.8 Å². The fraction of sp³-hybridized carbons (Fsp3) is 0.333. The molecule has 170 valence electrons. The Bertz CT molecular complexity index is 1400. The molecule has 0 aromatic carbocycles. The second kappa shape index (κ2) is 8.83. The Labute approximate surface area is 196 Å². The number of aromatic nitrogens is 6. The standard InChI is InChI=1S/C24H23N9O/c1-16-21(12-30-33(16)20-3-7-31(15-26)8-4-20)18-9-23(24-19(10-25)11-29-32(24)14-18)34-17(2)22-13-27-5-6-28-22/h5-6,9,11-14,17,20H,3-4,7-8H2,1-2H3/t17-/m1/s1. The molecule has 0 spiro atoms. The van der Waals surface area contributed by atoms with Gasteiger partial charge in [0.2, 0.25) is 0 Å². The van der Waals surface area contributed by atoms with Crippen molar-refractivity contribution < 1.29 is 4.74 Å². The smallest absolute Gasteiger partial charge is 0.179 e. The fourth-order valence-electron chi connectivity index (χ4n) is 4.46. The first-order valence-electron chi connectivity index (χ1n) is 11.1. The van der Waals surface area contributed by atoms with E-state index in [1.54, 1.807) is 28.0 Å². The van der Waals surface area contributed by atoms with Crippen molar-refractivity contribution in [2.24, 2.45) is 0 Å². The third-order valence-electron chi connectivity index (χ3n) is 6.31. The zero-order chi connectivity index (χ0) is 23.7. The van der Waals surface area contributed by atoms with Crippen LogP contribution in [0.4, 0.5) is 0 Å². The minimum Gasteiger partial charge on any atom is -0.482 e. The van der Waals surface area contributed by atoms with Crippen LogP contribution in [0, 0.1) is 29.7 Å². The van der Waals surface area contributed by atoms with Crippen LogP contribution in [0.2, 0.25) is 0 Å². The number of nitriles is 2. The summed E-state index contributed by atoms with van der Waals surface area (Å²) in [5.74, 6) is 0.541. The first-order valence-corrected chi connectivity index (χ1v) is 11.1. The van der Waals surface area contributed by atoms with E-state index >= 15 is 0 Å². The van der Waals surface area contributed by atoms with E-state index in [1.165, 1.54) is 6.20 Å². The van der Waals surface area contributed by atoms with Gasteiger partial charge in [-0.2, -0.15) is 20.7 Å². The van der Waals surface area contributed by atoms with Crippen molar-refractivity contribution in [3.05, 3.63) is 60.2 Å². The van der Waals surface area contributed by atoms with Gasteiger partial charge in [0.05, 0.1) is 30.3 Å². The molecule has 0 aliphatic carbocycles. The van der Waals surface area contributed by atoms with Gasteiger partial charge >= 0.3 is 0 Å². The quantitative estimate of drug-likeness (QED) is 0.421. The van der Waals surface area contributed by atoms with Crippen LogP contribution in [-0.4, -0.2) is 47.4 Å². The number of pyridine rings is 1. The van der Waals surface area contributed by atoms with E-state index < -0.39 is 0 Å². The SMILES string of the molecule is Cc1c(-c2cc(O[C@H](C)c3cnccn3)c3c(C#N)cnn3c2)cnn1C1CCN(C#N)CC1. The normalized spacial score (nSPS) is 15.1. The molecule has 0 bridgehead atoms. The third kappa shape index (κ3) is 3.80. The highest BCUT2D eigenvalue weighted by Crippen LogP contribution is 2.35. The van der Waals surface area contributed by atoms with Crippen LogP contribution >= 0.6 is 0 Å². The average Bonchev–Trinajstić information content (AvgIpc) is 3.48. The molecular formula is C24H23N9O. The van der Waals surface area contributed by atoms with Gasteiger partial charge in [0.25, 0.3) is 0 Å². The molecule has 34 heavy (non-hydrogen) atoms. The molecule has 1 fully saturated rings. The van der Waals surface area contributed by atoms with Crippen molar-refractivity contribution in [3.63, 3.8) is 0 Å². The summed E-state index contributed by atoms with van der Waals surface area (Å²) in [7, 11) is 0. The monoisotopic (exact) mass is 453 g/mol. The Hall–Kier alpha value is -4.44. The van der Waals surface area contributed by atoms with Crippen molar-refractivity contribution in [1.82, 2.24) is 34.3 Å². The predicted molar refractivity (Wildman–Crippen MR) is 122 cm³/mol. The maximum atomic E-state index is 9.60. The molecule has 0 unspecified atom stereocenters. The average molecular weight is 454 g/mol. The summed E-state index contributed by atoms with van der Waals surface area (Å²) >= 11 is 0. The van der Waals surface area contributed by atoms with Crippen LogP contribution in [0.5, 0.6) is 5.75 Å². The summed E-state index contributed by atoms with van der Waals surface area (Å²) in [4.78, 5) is 10.2. The molecule has 1 atom stereocenters. The van der Waals surface area contributed by atoms with E-state index in [0.29, 0.717) is 22.5 Å². The molecule has 1 aliphatic rings. The molecule has 10 nitrogen and oxygen atoms in total. The summed E-state index contributed by atoms with van der Waals surface area (Å²) in [6.07, 6.45) is 13.8. The highest BCUT2D eigenvalue weighted by atomic mass is 16.5. The van der Waals surface area contributed by atoms with Crippen LogP contribution < -0.4 is 4.74 Å². The van der Waals surface area contributed by atoms with E-state index in [0.717, 1.165) is 42.8 Å². The molecule has 4 aromatic heterocycles. The molecule has 4 aromatic rings. The zero-order valence-electron chi connectivity index (χ0n) is 19.0. The Kier molecular flexibility index (Phi) is 5.56. The number of nitrogens with zero attached hydrogens (tertiary/aromatic N) is 9. The zero-order valence-corrected chi connectivity index (χ0v) is 19.0. The maximum absolute atomic E-state index is 9.60. The number of fused-ring (bicyclic) bond motifs is 1. The van der Waals surface area contributed by atoms with Gasteiger partial charge in [-0.05, 0) is 32.8 Å². The molecule has 5 heterocycles. The van der Waals surface area contributed by atoms with E-state index in [9.17, 15) is 5.26 Å². The van der Waals surface area contributed by atoms with Crippen LogP contribution in [0.25, 0.3) is 16.6 Å². The largest absolute Gasteiger partial charge is 0.482 e. The van der Waals surface area contributed by atoms with Gasteiger partial charge in [-0.25, -0.2) is 4.52 Å². The van der Waals surface area contributed by atoms with Crippen LogP contribution in [0.3, 0.4) is 0 Å². The Balaban J connectivity index is 1.52.